The Kier molecular flexibility index (Phi) is 5.43. The van der Waals surface area contributed by atoms with Crippen molar-refractivity contribution in [1.82, 2.24) is 10.2 Å². The van der Waals surface area contributed by atoms with Gasteiger partial charge in [0, 0.05) is 36.5 Å². The summed E-state index contributed by atoms with van der Waals surface area (Å²) in [4.78, 5) is 15.0. The van der Waals surface area contributed by atoms with Crippen LogP contribution in [0.2, 0.25) is 10.0 Å². The van der Waals surface area contributed by atoms with Gasteiger partial charge in [0.25, 0.3) is 0 Å². The molecule has 5 rings (SSSR count). The normalized spacial score (nSPS) is 17.1. The highest BCUT2D eigenvalue weighted by molar-refractivity contribution is 6.36. The molecule has 6 nitrogen and oxygen atoms in total. The SMILES string of the molecule is COc1ccc(-c2ccc(N3CCC4(CC3)CC(=O)c3cc(Cl)cc(Cl)c3O4)nn2)cc1. The number of nitrogens with zero attached hydrogens (tertiary/aromatic N) is 3. The first-order valence-electron chi connectivity index (χ1n) is 10.4. The molecule has 3 aromatic rings. The van der Waals surface area contributed by atoms with Crippen molar-refractivity contribution in [3.8, 4) is 22.8 Å². The van der Waals surface area contributed by atoms with E-state index in [1.165, 1.54) is 0 Å². The van der Waals surface area contributed by atoms with Gasteiger partial charge in [-0.15, -0.1) is 10.2 Å². The molecular weight excluding hydrogens is 449 g/mol. The van der Waals surface area contributed by atoms with Crippen LogP contribution < -0.4 is 14.4 Å². The van der Waals surface area contributed by atoms with Crippen LogP contribution in [0.15, 0.2) is 48.5 Å². The summed E-state index contributed by atoms with van der Waals surface area (Å²) in [5, 5.41) is 9.64. The molecular formula is C24H21Cl2N3O3. The number of benzene rings is 2. The summed E-state index contributed by atoms with van der Waals surface area (Å²) >= 11 is 12.4. The zero-order valence-corrected chi connectivity index (χ0v) is 19.0. The molecule has 8 heteroatoms. The number of ether oxygens (including phenoxy) is 2. The summed E-state index contributed by atoms with van der Waals surface area (Å²) < 4.78 is 11.5. The van der Waals surface area contributed by atoms with Crippen molar-refractivity contribution in [2.24, 2.45) is 0 Å². The Hall–Kier alpha value is -2.83. The lowest BCUT2D eigenvalue weighted by molar-refractivity contribution is 0.0232. The lowest BCUT2D eigenvalue weighted by atomic mass is 9.82. The molecule has 0 radical (unpaired) electrons. The number of piperidine rings is 1. The Labute approximate surface area is 196 Å². The molecule has 1 spiro atoms. The fourth-order valence-corrected chi connectivity index (χ4v) is 4.88. The quantitative estimate of drug-likeness (QED) is 0.507. The van der Waals surface area contributed by atoms with Gasteiger partial charge in [-0.2, -0.15) is 0 Å². The van der Waals surface area contributed by atoms with Gasteiger partial charge in [-0.25, -0.2) is 0 Å². The number of hydrogen-bond acceptors (Lipinski definition) is 6. The zero-order chi connectivity index (χ0) is 22.3. The molecule has 2 aliphatic heterocycles. The van der Waals surface area contributed by atoms with E-state index in [1.807, 2.05) is 36.4 Å². The third kappa shape index (κ3) is 3.89. The molecule has 164 valence electrons. The lowest BCUT2D eigenvalue weighted by Gasteiger charge is -2.44. The van der Waals surface area contributed by atoms with Crippen LogP contribution in [-0.2, 0) is 0 Å². The molecule has 2 aromatic carbocycles. The Morgan fingerprint density at radius 2 is 1.78 bits per heavy atom. The molecule has 0 bridgehead atoms. The van der Waals surface area contributed by atoms with Gasteiger partial charge in [0.2, 0.25) is 0 Å². The van der Waals surface area contributed by atoms with E-state index in [4.69, 9.17) is 32.7 Å². The van der Waals surface area contributed by atoms with E-state index in [0.717, 1.165) is 22.8 Å². The lowest BCUT2D eigenvalue weighted by Crippen LogP contribution is -2.51. The van der Waals surface area contributed by atoms with Gasteiger partial charge in [-0.1, -0.05) is 23.2 Å². The first-order valence-corrected chi connectivity index (χ1v) is 11.2. The molecule has 1 aromatic heterocycles. The second-order valence-corrected chi connectivity index (χ2v) is 8.99. The second-order valence-electron chi connectivity index (χ2n) is 8.14. The van der Waals surface area contributed by atoms with Crippen LogP contribution in [0.25, 0.3) is 11.3 Å². The van der Waals surface area contributed by atoms with E-state index >= 15 is 0 Å². The minimum Gasteiger partial charge on any atom is -0.497 e. The average molecular weight is 470 g/mol. The van der Waals surface area contributed by atoms with Gasteiger partial charge >= 0.3 is 0 Å². The van der Waals surface area contributed by atoms with E-state index in [1.54, 1.807) is 19.2 Å². The monoisotopic (exact) mass is 469 g/mol. The van der Waals surface area contributed by atoms with Crippen molar-refractivity contribution in [2.75, 3.05) is 25.1 Å². The maximum absolute atomic E-state index is 12.8. The number of halogens is 2. The minimum absolute atomic E-state index is 0.0211. The molecule has 0 atom stereocenters. The highest BCUT2D eigenvalue weighted by Crippen LogP contribution is 2.44. The number of methoxy groups -OCH3 is 1. The summed E-state index contributed by atoms with van der Waals surface area (Å²) in [6.45, 7) is 1.43. The van der Waals surface area contributed by atoms with Crippen molar-refractivity contribution in [3.05, 3.63) is 64.1 Å². The van der Waals surface area contributed by atoms with Gasteiger partial charge in [0.05, 0.1) is 29.8 Å². The predicted molar refractivity (Wildman–Crippen MR) is 124 cm³/mol. The van der Waals surface area contributed by atoms with E-state index in [0.29, 0.717) is 53.7 Å². The molecule has 1 saturated heterocycles. The zero-order valence-electron chi connectivity index (χ0n) is 17.5. The van der Waals surface area contributed by atoms with Crippen molar-refractivity contribution < 1.29 is 14.3 Å². The molecule has 0 unspecified atom stereocenters. The first kappa shape index (κ1) is 21.0. The molecule has 0 N–H and O–H groups in total. The highest BCUT2D eigenvalue weighted by atomic mass is 35.5. The number of Topliss-reactive ketones (excluding diaryl/α,β-unsaturated/α-hetero) is 1. The van der Waals surface area contributed by atoms with Crippen LogP contribution in [0, 0.1) is 0 Å². The van der Waals surface area contributed by atoms with Crippen LogP contribution in [-0.4, -0.2) is 41.8 Å². The van der Waals surface area contributed by atoms with Gasteiger partial charge in [0.1, 0.15) is 17.1 Å². The molecule has 0 aliphatic carbocycles. The molecule has 3 heterocycles. The number of fused-ring (bicyclic) bond motifs is 1. The molecule has 1 fully saturated rings. The maximum Gasteiger partial charge on any atom is 0.170 e. The Balaban J connectivity index is 1.29. The predicted octanol–water partition coefficient (Wildman–Crippen LogP) is 5.46. The van der Waals surface area contributed by atoms with Crippen LogP contribution in [0.5, 0.6) is 11.5 Å². The van der Waals surface area contributed by atoms with Crippen molar-refractivity contribution >= 4 is 34.8 Å². The third-order valence-electron chi connectivity index (χ3n) is 6.14. The summed E-state index contributed by atoms with van der Waals surface area (Å²) in [6, 6.07) is 14.9. The van der Waals surface area contributed by atoms with Crippen molar-refractivity contribution in [3.63, 3.8) is 0 Å². The van der Waals surface area contributed by atoms with E-state index in [-0.39, 0.29) is 5.78 Å². The third-order valence-corrected chi connectivity index (χ3v) is 6.64. The number of rotatable bonds is 3. The smallest absolute Gasteiger partial charge is 0.170 e. The summed E-state index contributed by atoms with van der Waals surface area (Å²) in [6.07, 6.45) is 1.71. The Morgan fingerprint density at radius 1 is 1.03 bits per heavy atom. The maximum atomic E-state index is 12.8. The van der Waals surface area contributed by atoms with Gasteiger partial charge in [-0.3, -0.25) is 4.79 Å². The molecule has 32 heavy (non-hydrogen) atoms. The molecule has 0 saturated carbocycles. The van der Waals surface area contributed by atoms with E-state index in [9.17, 15) is 4.79 Å². The number of carbonyl (C=O) groups excluding carboxylic acids is 1. The van der Waals surface area contributed by atoms with Crippen LogP contribution in [0.4, 0.5) is 5.82 Å². The Morgan fingerprint density at radius 3 is 2.44 bits per heavy atom. The van der Waals surface area contributed by atoms with E-state index < -0.39 is 5.60 Å². The first-order chi connectivity index (χ1) is 15.5. The topological polar surface area (TPSA) is 64.5 Å². The summed E-state index contributed by atoms with van der Waals surface area (Å²) in [7, 11) is 1.64. The van der Waals surface area contributed by atoms with Gasteiger partial charge in [-0.05, 0) is 48.5 Å². The second kappa shape index (κ2) is 8.26. The number of ketones is 1. The standard InChI is InChI=1S/C24H21Cl2N3O3/c1-31-17-4-2-15(3-5-17)20-6-7-22(28-27-20)29-10-8-24(9-11-29)14-21(30)18-12-16(25)13-19(26)23(18)32-24/h2-7,12-13H,8-11,14H2,1H3. The Bertz CT molecular complexity index is 1160. The van der Waals surface area contributed by atoms with Gasteiger partial charge < -0.3 is 14.4 Å². The highest BCUT2D eigenvalue weighted by Gasteiger charge is 2.44. The largest absolute Gasteiger partial charge is 0.497 e. The number of hydrogen-bond donors (Lipinski definition) is 0. The van der Waals surface area contributed by atoms with Crippen LogP contribution in [0.1, 0.15) is 29.6 Å². The van der Waals surface area contributed by atoms with Crippen LogP contribution in [0.3, 0.4) is 0 Å². The fraction of sp³-hybridized carbons (Fsp3) is 0.292. The molecule has 0 amide bonds. The minimum atomic E-state index is -0.547. The van der Waals surface area contributed by atoms with E-state index in [2.05, 4.69) is 15.1 Å². The van der Waals surface area contributed by atoms with Crippen LogP contribution >= 0.6 is 23.2 Å². The summed E-state index contributed by atoms with van der Waals surface area (Å²) in [5.74, 6) is 2.08. The molecule has 2 aliphatic rings. The number of anilines is 1. The number of aromatic nitrogens is 2. The van der Waals surface area contributed by atoms with Gasteiger partial charge in [0.15, 0.2) is 11.6 Å². The average Bonchev–Trinajstić information content (AvgIpc) is 2.81. The summed E-state index contributed by atoms with van der Waals surface area (Å²) in [5.41, 5.74) is 1.70. The van der Waals surface area contributed by atoms with Crippen molar-refractivity contribution in [2.45, 2.75) is 24.9 Å². The number of carbonyl (C=O) groups is 1. The van der Waals surface area contributed by atoms with Crippen molar-refractivity contribution in [1.29, 1.82) is 0 Å². The fourth-order valence-electron chi connectivity index (χ4n) is 4.34.